The number of rotatable bonds is 6. The highest BCUT2D eigenvalue weighted by atomic mass is 16.3. The lowest BCUT2D eigenvalue weighted by atomic mass is 9.85. The molecule has 0 spiro atoms. The number of Topliss-reactive ketones (excluding diaryl/α,β-unsaturated/α-hetero) is 1. The van der Waals surface area contributed by atoms with Gasteiger partial charge in [0, 0.05) is 18.5 Å². The summed E-state index contributed by atoms with van der Waals surface area (Å²) in [6.45, 7) is 7.37. The minimum absolute atomic E-state index is 0.0282. The summed E-state index contributed by atoms with van der Waals surface area (Å²) in [6.07, 6.45) is 0. The van der Waals surface area contributed by atoms with Crippen LogP contribution in [0.4, 0.5) is 0 Å². The van der Waals surface area contributed by atoms with Crippen molar-refractivity contribution in [1.29, 1.82) is 0 Å². The van der Waals surface area contributed by atoms with Crippen molar-refractivity contribution in [2.75, 3.05) is 27.2 Å². The van der Waals surface area contributed by atoms with E-state index in [4.69, 9.17) is 4.42 Å². The Bertz CT molecular complexity index is 1200. The van der Waals surface area contributed by atoms with Crippen LogP contribution in [0, 0.1) is 0 Å². The van der Waals surface area contributed by atoms with Crippen LogP contribution in [0.1, 0.15) is 48.5 Å². The van der Waals surface area contributed by atoms with Gasteiger partial charge >= 0.3 is 0 Å². The molecule has 3 aromatic rings. The molecule has 172 valence electrons. The minimum Gasteiger partial charge on any atom is -0.503 e. The molecule has 0 unspecified atom stereocenters. The smallest absolute Gasteiger partial charge is 0.290 e. The van der Waals surface area contributed by atoms with Crippen LogP contribution < -0.4 is 0 Å². The number of hydrogen-bond donors (Lipinski definition) is 1. The maximum Gasteiger partial charge on any atom is 0.290 e. The minimum atomic E-state index is -0.688. The summed E-state index contributed by atoms with van der Waals surface area (Å²) in [5, 5.41) is 11.6. The first-order valence-electron chi connectivity index (χ1n) is 11.1. The lowest BCUT2D eigenvalue weighted by Gasteiger charge is -2.28. The van der Waals surface area contributed by atoms with Crippen molar-refractivity contribution in [2.24, 2.45) is 0 Å². The third-order valence-corrected chi connectivity index (χ3v) is 6.08. The Hall–Kier alpha value is -3.38. The van der Waals surface area contributed by atoms with Gasteiger partial charge < -0.3 is 19.3 Å². The van der Waals surface area contributed by atoms with Crippen LogP contribution in [-0.2, 0) is 10.2 Å². The molecule has 2 heterocycles. The highest BCUT2D eigenvalue weighted by molar-refractivity contribution is 6.16. The number of benzene rings is 2. The molecule has 1 atom stereocenters. The van der Waals surface area contributed by atoms with E-state index in [1.807, 2.05) is 61.5 Å². The second-order valence-electron chi connectivity index (χ2n) is 9.82. The van der Waals surface area contributed by atoms with Gasteiger partial charge in [0.25, 0.3) is 5.91 Å². The lowest BCUT2D eigenvalue weighted by Crippen LogP contribution is -2.36. The second kappa shape index (κ2) is 8.52. The van der Waals surface area contributed by atoms with Crippen LogP contribution in [-0.4, -0.2) is 53.8 Å². The number of fused-ring (bicyclic) bond motifs is 1. The number of aliphatic hydroxyl groups is 1. The quantitative estimate of drug-likeness (QED) is 0.547. The molecule has 0 radical (unpaired) electrons. The molecule has 0 saturated heterocycles. The number of hydrogen-bond acceptors (Lipinski definition) is 5. The van der Waals surface area contributed by atoms with Gasteiger partial charge in [-0.15, -0.1) is 0 Å². The monoisotopic (exact) mass is 446 g/mol. The number of likely N-dealkylation sites (N-methyl/N-ethyl adjacent to an activating group) is 1. The summed E-state index contributed by atoms with van der Waals surface area (Å²) >= 11 is 0. The van der Waals surface area contributed by atoms with E-state index in [-0.39, 0.29) is 16.7 Å². The van der Waals surface area contributed by atoms with Crippen molar-refractivity contribution in [3.63, 3.8) is 0 Å². The average Bonchev–Trinajstić information content (AvgIpc) is 3.31. The van der Waals surface area contributed by atoms with Crippen molar-refractivity contribution in [3.8, 4) is 0 Å². The maximum atomic E-state index is 13.6. The summed E-state index contributed by atoms with van der Waals surface area (Å²) in [5.74, 6) is -1.42. The zero-order valence-corrected chi connectivity index (χ0v) is 19.8. The van der Waals surface area contributed by atoms with E-state index < -0.39 is 23.5 Å². The molecule has 0 fully saturated rings. The first-order valence-corrected chi connectivity index (χ1v) is 11.1. The van der Waals surface area contributed by atoms with Crippen molar-refractivity contribution in [3.05, 3.63) is 82.8 Å². The van der Waals surface area contributed by atoms with Gasteiger partial charge in [-0.3, -0.25) is 9.59 Å². The Morgan fingerprint density at radius 3 is 2.36 bits per heavy atom. The number of ketones is 1. The van der Waals surface area contributed by atoms with Gasteiger partial charge in [-0.1, -0.05) is 63.2 Å². The first kappa shape index (κ1) is 22.8. The Balaban J connectivity index is 1.78. The van der Waals surface area contributed by atoms with Crippen LogP contribution in [0.2, 0.25) is 0 Å². The third-order valence-electron chi connectivity index (χ3n) is 6.08. The van der Waals surface area contributed by atoms with Crippen molar-refractivity contribution >= 4 is 22.7 Å². The van der Waals surface area contributed by atoms with Crippen LogP contribution >= 0.6 is 0 Å². The SMILES string of the molecule is CN(C)CCN1C(=O)C(O)=C(C(=O)c2cc3ccccc3o2)[C@@H]1c1ccc(C(C)(C)C)cc1. The lowest BCUT2D eigenvalue weighted by molar-refractivity contribution is -0.129. The number of carbonyl (C=O) groups is 2. The van der Waals surface area contributed by atoms with E-state index in [0.29, 0.717) is 18.7 Å². The summed E-state index contributed by atoms with van der Waals surface area (Å²) in [5.41, 5.74) is 2.54. The number of para-hydroxylation sites is 1. The van der Waals surface area contributed by atoms with Gasteiger partial charge in [0.15, 0.2) is 11.5 Å². The third kappa shape index (κ3) is 4.31. The predicted molar refractivity (Wildman–Crippen MR) is 128 cm³/mol. The molecule has 0 bridgehead atoms. The molecule has 6 nitrogen and oxygen atoms in total. The standard InChI is InChI=1S/C27H30N2O4/c1-27(2,3)19-12-10-17(11-13-19)23-22(25(31)26(32)29(23)15-14-28(4)5)24(30)21-16-18-8-6-7-9-20(18)33-21/h6-13,16,23,31H,14-15H2,1-5H3/t23-/m0/s1. The van der Waals surface area contributed by atoms with Gasteiger partial charge in [0.2, 0.25) is 5.78 Å². The number of nitrogens with zero attached hydrogens (tertiary/aromatic N) is 2. The molecule has 1 aliphatic rings. The van der Waals surface area contributed by atoms with Crippen LogP contribution in [0.3, 0.4) is 0 Å². The first-order chi connectivity index (χ1) is 15.6. The molecule has 1 amide bonds. The van der Waals surface area contributed by atoms with Crippen LogP contribution in [0.15, 0.2) is 70.3 Å². The van der Waals surface area contributed by atoms with E-state index in [1.165, 1.54) is 0 Å². The van der Waals surface area contributed by atoms with Crippen molar-refractivity contribution < 1.29 is 19.1 Å². The number of carbonyl (C=O) groups excluding carboxylic acids is 2. The topological polar surface area (TPSA) is 74.0 Å². The van der Waals surface area contributed by atoms with Gasteiger partial charge in [0.1, 0.15) is 5.58 Å². The highest BCUT2D eigenvalue weighted by Crippen LogP contribution is 2.40. The molecule has 0 aliphatic carbocycles. The predicted octanol–water partition coefficient (Wildman–Crippen LogP) is 4.87. The number of amides is 1. The molecule has 1 aliphatic heterocycles. The zero-order valence-electron chi connectivity index (χ0n) is 19.8. The molecule has 4 rings (SSSR count). The van der Waals surface area contributed by atoms with Gasteiger partial charge in [-0.25, -0.2) is 0 Å². The summed E-state index contributed by atoms with van der Waals surface area (Å²) in [7, 11) is 3.84. The van der Waals surface area contributed by atoms with E-state index in [0.717, 1.165) is 16.5 Å². The van der Waals surface area contributed by atoms with Crippen LogP contribution in [0.25, 0.3) is 11.0 Å². The fourth-order valence-electron chi connectivity index (χ4n) is 4.16. The molecular weight excluding hydrogens is 416 g/mol. The normalized spacial score (nSPS) is 17.0. The van der Waals surface area contributed by atoms with Crippen molar-refractivity contribution in [1.82, 2.24) is 9.80 Å². The van der Waals surface area contributed by atoms with Gasteiger partial charge in [-0.2, -0.15) is 0 Å². The molecule has 2 aromatic carbocycles. The molecule has 1 N–H and O–H groups in total. The molecule has 33 heavy (non-hydrogen) atoms. The average molecular weight is 447 g/mol. The molecule has 1 aromatic heterocycles. The van der Waals surface area contributed by atoms with E-state index in [9.17, 15) is 14.7 Å². The molecule has 0 saturated carbocycles. The fourth-order valence-corrected chi connectivity index (χ4v) is 4.16. The molecule has 6 heteroatoms. The highest BCUT2D eigenvalue weighted by Gasteiger charge is 2.44. The van der Waals surface area contributed by atoms with E-state index in [1.54, 1.807) is 17.0 Å². The van der Waals surface area contributed by atoms with Gasteiger partial charge in [-0.05, 0) is 42.8 Å². The zero-order chi connectivity index (χ0) is 23.9. The van der Waals surface area contributed by atoms with E-state index in [2.05, 4.69) is 20.8 Å². The Morgan fingerprint density at radius 2 is 1.76 bits per heavy atom. The fraction of sp³-hybridized carbons (Fsp3) is 0.333. The molecular formula is C27H30N2O4. The number of furan rings is 1. The summed E-state index contributed by atoms with van der Waals surface area (Å²) in [4.78, 5) is 30.2. The van der Waals surface area contributed by atoms with Gasteiger partial charge in [0.05, 0.1) is 11.6 Å². The van der Waals surface area contributed by atoms with Crippen molar-refractivity contribution in [2.45, 2.75) is 32.2 Å². The largest absolute Gasteiger partial charge is 0.503 e. The summed E-state index contributed by atoms with van der Waals surface area (Å²) in [6, 6.07) is 16.2. The van der Waals surface area contributed by atoms with E-state index >= 15 is 0 Å². The summed E-state index contributed by atoms with van der Waals surface area (Å²) < 4.78 is 5.77. The Kier molecular flexibility index (Phi) is 5.89. The number of aliphatic hydroxyl groups excluding tert-OH is 1. The maximum absolute atomic E-state index is 13.6. The van der Waals surface area contributed by atoms with Crippen LogP contribution in [0.5, 0.6) is 0 Å². The Morgan fingerprint density at radius 1 is 1.09 bits per heavy atom. The second-order valence-corrected chi connectivity index (χ2v) is 9.82. The Labute approximate surface area is 194 Å².